The lowest BCUT2D eigenvalue weighted by atomic mass is 10.3. The van der Waals surface area contributed by atoms with E-state index >= 15 is 0 Å². The number of carbonyl (C=O) groups excluding carboxylic acids is 1. The van der Waals surface area contributed by atoms with Crippen molar-refractivity contribution in [1.29, 1.82) is 0 Å². The molecule has 7 nitrogen and oxygen atoms in total. The molecule has 0 unspecified atom stereocenters. The first kappa shape index (κ1) is 13.5. The monoisotopic (exact) mass is 262 g/mol. The Balaban J connectivity index is 1.83. The van der Waals surface area contributed by atoms with Crippen LogP contribution in [0.3, 0.4) is 0 Å². The SMILES string of the molecule is C#CCN1CCN(C(=O)Cn2cc(CN)nn2)CC1. The lowest BCUT2D eigenvalue weighted by Crippen LogP contribution is -2.49. The van der Waals surface area contributed by atoms with Gasteiger partial charge in [-0.15, -0.1) is 11.5 Å². The fourth-order valence-electron chi connectivity index (χ4n) is 2.03. The molecule has 1 saturated heterocycles. The topological polar surface area (TPSA) is 80.3 Å². The third-order valence-corrected chi connectivity index (χ3v) is 3.13. The highest BCUT2D eigenvalue weighted by Crippen LogP contribution is 2.03. The minimum Gasteiger partial charge on any atom is -0.339 e. The number of hydrogen-bond acceptors (Lipinski definition) is 5. The van der Waals surface area contributed by atoms with Crippen LogP contribution in [0.25, 0.3) is 0 Å². The van der Waals surface area contributed by atoms with Gasteiger partial charge in [0.15, 0.2) is 0 Å². The zero-order valence-corrected chi connectivity index (χ0v) is 10.8. The van der Waals surface area contributed by atoms with Gasteiger partial charge in [0.1, 0.15) is 6.54 Å². The Morgan fingerprint density at radius 3 is 2.74 bits per heavy atom. The normalized spacial score (nSPS) is 16.3. The molecule has 0 spiro atoms. The highest BCUT2D eigenvalue weighted by Gasteiger charge is 2.20. The second-order valence-electron chi connectivity index (χ2n) is 4.47. The number of carbonyl (C=O) groups is 1. The standard InChI is InChI=1S/C12H18N6O/c1-2-3-16-4-6-17(7-5-16)12(19)10-18-9-11(8-13)14-15-18/h1,9H,3-8,10,13H2. The highest BCUT2D eigenvalue weighted by atomic mass is 16.2. The van der Waals surface area contributed by atoms with Crippen molar-refractivity contribution in [2.45, 2.75) is 13.1 Å². The predicted molar refractivity (Wildman–Crippen MR) is 69.8 cm³/mol. The van der Waals surface area contributed by atoms with Gasteiger partial charge in [0, 0.05) is 32.7 Å². The molecule has 0 saturated carbocycles. The summed E-state index contributed by atoms with van der Waals surface area (Å²) in [6, 6.07) is 0. The molecule has 0 atom stereocenters. The van der Waals surface area contributed by atoms with Crippen molar-refractivity contribution in [1.82, 2.24) is 24.8 Å². The third-order valence-electron chi connectivity index (χ3n) is 3.13. The Kier molecular flexibility index (Phi) is 4.49. The molecule has 1 fully saturated rings. The van der Waals surface area contributed by atoms with E-state index in [1.54, 1.807) is 6.20 Å². The van der Waals surface area contributed by atoms with Gasteiger partial charge in [0.05, 0.1) is 18.4 Å². The number of terminal acetylenes is 1. The van der Waals surface area contributed by atoms with E-state index < -0.39 is 0 Å². The Morgan fingerprint density at radius 2 is 2.16 bits per heavy atom. The summed E-state index contributed by atoms with van der Waals surface area (Å²) in [5.74, 6) is 2.67. The second kappa shape index (κ2) is 6.31. The fraction of sp³-hybridized carbons (Fsp3) is 0.583. The fourth-order valence-corrected chi connectivity index (χ4v) is 2.03. The van der Waals surface area contributed by atoms with E-state index in [1.165, 1.54) is 4.68 Å². The van der Waals surface area contributed by atoms with Crippen LogP contribution in [-0.4, -0.2) is 63.4 Å². The molecule has 1 aromatic heterocycles. The summed E-state index contributed by atoms with van der Waals surface area (Å²) >= 11 is 0. The predicted octanol–water partition coefficient (Wildman–Crippen LogP) is -1.49. The quantitative estimate of drug-likeness (QED) is 0.669. The maximum atomic E-state index is 12.1. The molecule has 7 heteroatoms. The summed E-state index contributed by atoms with van der Waals surface area (Å²) in [6.07, 6.45) is 6.97. The van der Waals surface area contributed by atoms with Crippen LogP contribution in [0.4, 0.5) is 0 Å². The molecule has 0 aliphatic carbocycles. The van der Waals surface area contributed by atoms with Crippen LogP contribution >= 0.6 is 0 Å². The second-order valence-corrected chi connectivity index (χ2v) is 4.47. The molecule has 2 rings (SSSR count). The first-order valence-corrected chi connectivity index (χ1v) is 6.25. The van der Waals surface area contributed by atoms with Gasteiger partial charge >= 0.3 is 0 Å². The van der Waals surface area contributed by atoms with E-state index in [0.717, 1.165) is 13.1 Å². The Bertz CT molecular complexity index is 469. The molecule has 1 amide bonds. The molecule has 0 bridgehead atoms. The van der Waals surface area contributed by atoms with Gasteiger partial charge in [-0.1, -0.05) is 11.1 Å². The number of hydrogen-bond donors (Lipinski definition) is 1. The third kappa shape index (κ3) is 3.53. The Labute approximate surface area is 112 Å². The van der Waals surface area contributed by atoms with Crippen molar-refractivity contribution in [3.8, 4) is 12.3 Å². The lowest BCUT2D eigenvalue weighted by Gasteiger charge is -2.33. The maximum absolute atomic E-state index is 12.1. The summed E-state index contributed by atoms with van der Waals surface area (Å²) in [4.78, 5) is 16.1. The number of piperazine rings is 1. The smallest absolute Gasteiger partial charge is 0.244 e. The van der Waals surface area contributed by atoms with Crippen molar-refractivity contribution >= 4 is 5.91 Å². The molecule has 1 aromatic rings. The van der Waals surface area contributed by atoms with Crippen molar-refractivity contribution < 1.29 is 4.79 Å². The minimum absolute atomic E-state index is 0.0498. The molecule has 1 aliphatic rings. The minimum atomic E-state index is 0.0498. The largest absolute Gasteiger partial charge is 0.339 e. The number of nitrogens with two attached hydrogens (primary N) is 1. The highest BCUT2D eigenvalue weighted by molar-refractivity contribution is 5.76. The van der Waals surface area contributed by atoms with Gasteiger partial charge in [0.2, 0.25) is 5.91 Å². The molecular weight excluding hydrogens is 244 g/mol. The van der Waals surface area contributed by atoms with E-state index in [0.29, 0.717) is 31.9 Å². The zero-order chi connectivity index (χ0) is 13.7. The lowest BCUT2D eigenvalue weighted by molar-refractivity contribution is -0.133. The molecule has 1 aliphatic heterocycles. The van der Waals surface area contributed by atoms with Gasteiger partial charge in [-0.3, -0.25) is 9.69 Å². The maximum Gasteiger partial charge on any atom is 0.244 e. The van der Waals surface area contributed by atoms with E-state index in [-0.39, 0.29) is 12.5 Å². The van der Waals surface area contributed by atoms with E-state index in [4.69, 9.17) is 12.2 Å². The zero-order valence-electron chi connectivity index (χ0n) is 10.8. The molecule has 2 heterocycles. The van der Waals surface area contributed by atoms with Crippen molar-refractivity contribution in [2.24, 2.45) is 5.73 Å². The van der Waals surface area contributed by atoms with E-state index in [9.17, 15) is 4.79 Å². The van der Waals surface area contributed by atoms with E-state index in [1.807, 2.05) is 4.90 Å². The molecule has 0 radical (unpaired) electrons. The van der Waals surface area contributed by atoms with Crippen LogP contribution < -0.4 is 5.73 Å². The summed E-state index contributed by atoms with van der Waals surface area (Å²) in [5, 5.41) is 7.72. The Morgan fingerprint density at radius 1 is 1.42 bits per heavy atom. The van der Waals surface area contributed by atoms with Crippen LogP contribution in [0.1, 0.15) is 5.69 Å². The molecule has 102 valence electrons. The van der Waals surface area contributed by atoms with E-state index in [2.05, 4.69) is 21.1 Å². The van der Waals surface area contributed by atoms with Crippen LogP contribution in [0.5, 0.6) is 0 Å². The van der Waals surface area contributed by atoms with Gasteiger partial charge < -0.3 is 10.6 Å². The van der Waals surface area contributed by atoms with Gasteiger partial charge in [-0.05, 0) is 0 Å². The average molecular weight is 262 g/mol. The molecule has 19 heavy (non-hydrogen) atoms. The summed E-state index contributed by atoms with van der Waals surface area (Å²) in [5.41, 5.74) is 6.13. The molecule has 2 N–H and O–H groups in total. The number of amides is 1. The van der Waals surface area contributed by atoms with Gasteiger partial charge in [-0.2, -0.15) is 0 Å². The molecular formula is C12H18N6O. The Hall–Kier alpha value is -1.91. The van der Waals surface area contributed by atoms with Gasteiger partial charge in [-0.25, -0.2) is 4.68 Å². The average Bonchev–Trinajstić information content (AvgIpc) is 2.87. The summed E-state index contributed by atoms with van der Waals surface area (Å²) < 4.78 is 1.53. The first-order chi connectivity index (χ1) is 9.22. The van der Waals surface area contributed by atoms with Crippen molar-refractivity contribution in [3.05, 3.63) is 11.9 Å². The van der Waals surface area contributed by atoms with Crippen LogP contribution in [-0.2, 0) is 17.9 Å². The number of nitrogens with zero attached hydrogens (tertiary/aromatic N) is 5. The van der Waals surface area contributed by atoms with Crippen molar-refractivity contribution in [2.75, 3.05) is 32.7 Å². The summed E-state index contributed by atoms with van der Waals surface area (Å²) in [7, 11) is 0. The van der Waals surface area contributed by atoms with Crippen molar-refractivity contribution in [3.63, 3.8) is 0 Å². The first-order valence-electron chi connectivity index (χ1n) is 6.25. The van der Waals surface area contributed by atoms with Crippen LogP contribution in [0, 0.1) is 12.3 Å². The number of rotatable bonds is 4. The summed E-state index contributed by atoms with van der Waals surface area (Å²) in [6.45, 7) is 4.24. The van der Waals surface area contributed by atoms with Crippen LogP contribution in [0.2, 0.25) is 0 Å². The van der Waals surface area contributed by atoms with Crippen LogP contribution in [0.15, 0.2) is 6.20 Å². The number of aromatic nitrogens is 3. The van der Waals surface area contributed by atoms with Gasteiger partial charge in [0.25, 0.3) is 0 Å². The molecule has 0 aromatic carbocycles.